The van der Waals surface area contributed by atoms with E-state index >= 15 is 0 Å². The Bertz CT molecular complexity index is 1130. The molecule has 142 valence electrons. The lowest BCUT2D eigenvalue weighted by Gasteiger charge is -2.13. The van der Waals surface area contributed by atoms with Crippen LogP contribution in [0, 0.1) is 41.9 Å². The van der Waals surface area contributed by atoms with Gasteiger partial charge in [0, 0.05) is 22.4 Å². The third kappa shape index (κ3) is 4.20. The van der Waals surface area contributed by atoms with Gasteiger partial charge in [-0.1, -0.05) is 0 Å². The molecular formula is C22H18N6O. The van der Waals surface area contributed by atoms with E-state index < -0.39 is 0 Å². The fraction of sp³-hybridized carbons (Fsp3) is 0.136. The van der Waals surface area contributed by atoms with Crippen molar-refractivity contribution in [3.8, 4) is 17.9 Å². The molecule has 0 atom stereocenters. The predicted molar refractivity (Wildman–Crippen MR) is 108 cm³/mol. The molecule has 0 saturated heterocycles. The van der Waals surface area contributed by atoms with Gasteiger partial charge in [0.1, 0.15) is 12.4 Å². The van der Waals surface area contributed by atoms with E-state index in [-0.39, 0.29) is 5.71 Å². The summed E-state index contributed by atoms with van der Waals surface area (Å²) in [6.45, 7) is 4.13. The van der Waals surface area contributed by atoms with Crippen molar-refractivity contribution in [1.29, 1.82) is 15.9 Å². The molecular weight excluding hydrogens is 364 g/mol. The van der Waals surface area contributed by atoms with Crippen LogP contribution in [0.25, 0.3) is 0 Å². The van der Waals surface area contributed by atoms with Gasteiger partial charge in [0.2, 0.25) is 0 Å². The van der Waals surface area contributed by atoms with E-state index in [4.69, 9.17) is 15.9 Å². The molecule has 0 amide bonds. The van der Waals surface area contributed by atoms with Gasteiger partial charge in [0.15, 0.2) is 0 Å². The van der Waals surface area contributed by atoms with Crippen LogP contribution in [-0.2, 0) is 6.61 Å². The highest BCUT2D eigenvalue weighted by Crippen LogP contribution is 2.25. The largest absolute Gasteiger partial charge is 0.489 e. The number of anilines is 1. The Morgan fingerprint density at radius 2 is 1.79 bits per heavy atom. The predicted octanol–water partition coefficient (Wildman–Crippen LogP) is 3.41. The smallest absolute Gasteiger partial charge is 0.120 e. The van der Waals surface area contributed by atoms with Crippen LogP contribution >= 0.6 is 0 Å². The standard InChI is InChI=1S/C22H18N6O/c1-13-11-27-28-14(2)20(13)12-29-18-3-4-21(25)19(8-18)22(26)17-6-15(9-23)5-16(7-17)10-24/h3-8,11,26H,12,25H2,1-2H3. The van der Waals surface area contributed by atoms with Crippen molar-refractivity contribution in [3.63, 3.8) is 0 Å². The second kappa shape index (κ2) is 8.20. The van der Waals surface area contributed by atoms with E-state index in [1.54, 1.807) is 36.5 Å². The Kier molecular flexibility index (Phi) is 5.52. The first-order valence-corrected chi connectivity index (χ1v) is 8.77. The monoisotopic (exact) mass is 382 g/mol. The molecule has 3 N–H and O–H groups in total. The zero-order valence-corrected chi connectivity index (χ0v) is 16.0. The maximum Gasteiger partial charge on any atom is 0.120 e. The summed E-state index contributed by atoms with van der Waals surface area (Å²) in [6, 6.07) is 13.7. The minimum Gasteiger partial charge on any atom is -0.489 e. The molecule has 2 aromatic carbocycles. The molecule has 1 heterocycles. The quantitative estimate of drug-likeness (QED) is 0.513. The van der Waals surface area contributed by atoms with Crippen LogP contribution in [0.15, 0.2) is 42.6 Å². The lowest BCUT2D eigenvalue weighted by Crippen LogP contribution is -2.08. The molecule has 0 aliphatic carbocycles. The number of benzene rings is 2. The number of hydrogen-bond acceptors (Lipinski definition) is 7. The van der Waals surface area contributed by atoms with Gasteiger partial charge >= 0.3 is 0 Å². The molecule has 0 unspecified atom stereocenters. The molecule has 7 nitrogen and oxygen atoms in total. The fourth-order valence-corrected chi connectivity index (χ4v) is 2.90. The molecule has 0 aliphatic rings. The summed E-state index contributed by atoms with van der Waals surface area (Å²) in [5.74, 6) is 0.548. The second-order valence-electron chi connectivity index (χ2n) is 6.53. The maximum atomic E-state index is 9.17. The molecule has 7 heteroatoms. The first kappa shape index (κ1) is 19.5. The highest BCUT2D eigenvalue weighted by Gasteiger charge is 2.13. The Labute approximate surface area is 168 Å². The molecule has 3 rings (SSSR count). The summed E-state index contributed by atoms with van der Waals surface area (Å²) in [5, 5.41) is 34.8. The lowest BCUT2D eigenvalue weighted by molar-refractivity contribution is 0.303. The van der Waals surface area contributed by atoms with Gasteiger partial charge in [-0.2, -0.15) is 20.7 Å². The van der Waals surface area contributed by atoms with E-state index in [2.05, 4.69) is 10.2 Å². The van der Waals surface area contributed by atoms with E-state index in [0.717, 1.165) is 16.8 Å². The number of nitrogens with one attached hydrogen (secondary N) is 1. The van der Waals surface area contributed by atoms with Gasteiger partial charge in [-0.15, -0.1) is 0 Å². The SMILES string of the molecule is Cc1cnnc(C)c1COc1ccc(N)c(C(=N)c2cc(C#N)cc(C#N)c2)c1. The van der Waals surface area contributed by atoms with Gasteiger partial charge in [-0.25, -0.2) is 0 Å². The number of hydrogen-bond donors (Lipinski definition) is 2. The fourth-order valence-electron chi connectivity index (χ4n) is 2.90. The first-order valence-electron chi connectivity index (χ1n) is 8.77. The summed E-state index contributed by atoms with van der Waals surface area (Å²) < 4.78 is 5.90. The minimum absolute atomic E-state index is 0.111. The number of aryl methyl sites for hydroxylation is 2. The van der Waals surface area contributed by atoms with E-state index in [1.165, 1.54) is 6.07 Å². The van der Waals surface area contributed by atoms with E-state index in [1.807, 2.05) is 26.0 Å². The molecule has 0 aliphatic heterocycles. The molecule has 1 aromatic heterocycles. The summed E-state index contributed by atoms with van der Waals surface area (Å²) in [6.07, 6.45) is 1.69. The van der Waals surface area contributed by atoms with Gasteiger partial charge in [-0.3, -0.25) is 5.41 Å². The van der Waals surface area contributed by atoms with Crippen molar-refractivity contribution in [2.45, 2.75) is 20.5 Å². The van der Waals surface area contributed by atoms with Crippen molar-refractivity contribution in [2.24, 2.45) is 0 Å². The molecule has 0 spiro atoms. The van der Waals surface area contributed by atoms with Crippen molar-refractivity contribution < 1.29 is 4.74 Å². The van der Waals surface area contributed by atoms with Crippen LogP contribution in [0.4, 0.5) is 5.69 Å². The molecule has 0 bridgehead atoms. The number of nitriles is 2. The van der Waals surface area contributed by atoms with Crippen molar-refractivity contribution in [1.82, 2.24) is 10.2 Å². The van der Waals surface area contributed by atoms with Crippen LogP contribution in [0.5, 0.6) is 5.75 Å². The number of nitrogens with zero attached hydrogens (tertiary/aromatic N) is 4. The van der Waals surface area contributed by atoms with Crippen molar-refractivity contribution in [2.75, 3.05) is 5.73 Å². The van der Waals surface area contributed by atoms with Crippen molar-refractivity contribution in [3.05, 3.63) is 81.7 Å². The highest BCUT2D eigenvalue weighted by molar-refractivity contribution is 6.14. The number of nitrogen functional groups attached to an aromatic ring is 1. The molecule has 29 heavy (non-hydrogen) atoms. The van der Waals surface area contributed by atoms with Gasteiger partial charge in [-0.05, 0) is 55.8 Å². The van der Waals surface area contributed by atoms with Gasteiger partial charge < -0.3 is 10.5 Å². The van der Waals surface area contributed by atoms with E-state index in [0.29, 0.717) is 40.3 Å². The number of rotatable bonds is 5. The number of aromatic nitrogens is 2. The third-order valence-electron chi connectivity index (χ3n) is 4.53. The van der Waals surface area contributed by atoms with Gasteiger partial charge in [0.25, 0.3) is 0 Å². The topological polar surface area (TPSA) is 132 Å². The minimum atomic E-state index is 0.111. The number of ether oxygens (including phenoxy) is 1. The van der Waals surface area contributed by atoms with Crippen LogP contribution in [0.3, 0.4) is 0 Å². The van der Waals surface area contributed by atoms with Crippen molar-refractivity contribution >= 4 is 11.4 Å². The van der Waals surface area contributed by atoms with Crippen LogP contribution in [0.2, 0.25) is 0 Å². The average molecular weight is 382 g/mol. The third-order valence-corrected chi connectivity index (χ3v) is 4.53. The van der Waals surface area contributed by atoms with E-state index in [9.17, 15) is 10.5 Å². The van der Waals surface area contributed by atoms with Gasteiger partial charge in [0.05, 0.1) is 40.9 Å². The summed E-state index contributed by atoms with van der Waals surface area (Å²) in [5.41, 5.74) is 10.9. The normalized spacial score (nSPS) is 10.1. The van der Waals surface area contributed by atoms with Crippen LogP contribution in [0.1, 0.15) is 39.1 Å². The first-order chi connectivity index (χ1) is 13.9. The Hall–Kier alpha value is -4.23. The maximum absolute atomic E-state index is 9.17. The lowest BCUT2D eigenvalue weighted by atomic mass is 9.97. The molecule has 0 saturated carbocycles. The Morgan fingerprint density at radius 3 is 2.41 bits per heavy atom. The zero-order valence-electron chi connectivity index (χ0n) is 16.0. The number of nitrogens with two attached hydrogens (primary N) is 1. The highest BCUT2D eigenvalue weighted by atomic mass is 16.5. The average Bonchev–Trinajstić information content (AvgIpc) is 2.73. The summed E-state index contributed by atoms with van der Waals surface area (Å²) >= 11 is 0. The van der Waals surface area contributed by atoms with Crippen LogP contribution in [-0.4, -0.2) is 15.9 Å². The molecule has 0 fully saturated rings. The summed E-state index contributed by atoms with van der Waals surface area (Å²) in [4.78, 5) is 0. The van der Waals surface area contributed by atoms with Crippen LogP contribution < -0.4 is 10.5 Å². The molecule has 3 aromatic rings. The Balaban J connectivity index is 1.91. The second-order valence-corrected chi connectivity index (χ2v) is 6.53. The summed E-state index contributed by atoms with van der Waals surface area (Å²) in [7, 11) is 0. The zero-order chi connectivity index (χ0) is 21.0. The molecule has 0 radical (unpaired) electrons. The Morgan fingerprint density at radius 1 is 1.10 bits per heavy atom.